The second kappa shape index (κ2) is 10.6. The van der Waals surface area contributed by atoms with Crippen molar-refractivity contribution in [3.63, 3.8) is 0 Å². The van der Waals surface area contributed by atoms with Crippen LogP contribution in [0.4, 0.5) is 17.1 Å². The fourth-order valence-corrected chi connectivity index (χ4v) is 3.56. The smallest absolute Gasteiger partial charge is 0.299 e. The van der Waals surface area contributed by atoms with Crippen LogP contribution in [0.5, 0.6) is 0 Å². The van der Waals surface area contributed by atoms with Crippen LogP contribution in [-0.4, -0.2) is 46.2 Å². The van der Waals surface area contributed by atoms with Gasteiger partial charge in [0.05, 0.1) is 29.6 Å². The Morgan fingerprint density at radius 3 is 2.14 bits per heavy atom. The molecule has 12 heteroatoms. The van der Waals surface area contributed by atoms with Gasteiger partial charge in [0.1, 0.15) is 0 Å². The highest BCUT2D eigenvalue weighted by Crippen LogP contribution is 2.40. The molecule has 0 spiro atoms. The Morgan fingerprint density at radius 2 is 1.69 bits per heavy atom. The lowest BCUT2D eigenvalue weighted by molar-refractivity contribution is -0.392. The highest BCUT2D eigenvalue weighted by Gasteiger charge is 2.33. The van der Waals surface area contributed by atoms with Gasteiger partial charge in [-0.25, -0.2) is 0 Å². The van der Waals surface area contributed by atoms with Gasteiger partial charge in [-0.05, 0) is 31.2 Å². The van der Waals surface area contributed by atoms with Gasteiger partial charge in [0.15, 0.2) is 15.8 Å². The number of alkyl halides is 3. The van der Waals surface area contributed by atoms with Gasteiger partial charge in [-0.3, -0.25) is 20.2 Å². The molecule has 0 unspecified atom stereocenters. The van der Waals surface area contributed by atoms with Crippen LogP contribution in [-0.2, 0) is 15.9 Å². The number of ether oxygens (including phenoxy) is 2. The van der Waals surface area contributed by atoms with Crippen LogP contribution in [0.15, 0.2) is 12.1 Å². The number of nitro benzene ring substituents is 2. The van der Waals surface area contributed by atoms with Crippen molar-refractivity contribution >= 4 is 51.9 Å². The van der Waals surface area contributed by atoms with E-state index in [4.69, 9.17) is 44.3 Å². The summed E-state index contributed by atoms with van der Waals surface area (Å²) in [5.41, 5.74) is -0.290. The van der Waals surface area contributed by atoms with Crippen LogP contribution < -0.4 is 4.90 Å². The topological polar surface area (TPSA) is 108 Å². The number of rotatable bonds is 10. The predicted molar refractivity (Wildman–Crippen MR) is 111 cm³/mol. The lowest BCUT2D eigenvalue weighted by Gasteiger charge is -2.26. The molecule has 0 atom stereocenters. The molecule has 1 heterocycles. The molecule has 29 heavy (non-hydrogen) atoms. The number of halogens is 3. The van der Waals surface area contributed by atoms with Crippen LogP contribution in [0, 0.1) is 20.2 Å². The molecule has 0 aliphatic carbocycles. The third-order valence-electron chi connectivity index (χ3n) is 4.32. The molecule has 1 aromatic carbocycles. The molecule has 0 radical (unpaired) electrons. The van der Waals surface area contributed by atoms with Crippen molar-refractivity contribution in [1.82, 2.24) is 0 Å². The first kappa shape index (κ1) is 23.9. The molecule has 9 nitrogen and oxygen atoms in total. The van der Waals surface area contributed by atoms with E-state index >= 15 is 0 Å². The maximum atomic E-state index is 11.8. The van der Waals surface area contributed by atoms with Crippen molar-refractivity contribution in [2.75, 3.05) is 31.2 Å². The normalized spacial score (nSPS) is 14.9. The van der Waals surface area contributed by atoms with Crippen molar-refractivity contribution in [3.8, 4) is 0 Å². The van der Waals surface area contributed by atoms with Crippen LogP contribution in [0.3, 0.4) is 0 Å². The summed E-state index contributed by atoms with van der Waals surface area (Å²) in [6.45, 7) is 3.24. The van der Waals surface area contributed by atoms with Crippen molar-refractivity contribution in [1.29, 1.82) is 0 Å². The fraction of sp³-hybridized carbons (Fsp3) is 0.647. The Bertz CT molecular complexity index is 703. The van der Waals surface area contributed by atoms with Gasteiger partial charge in [0.2, 0.25) is 0 Å². The molecule has 0 saturated carbocycles. The highest BCUT2D eigenvalue weighted by atomic mass is 35.6. The summed E-state index contributed by atoms with van der Waals surface area (Å²) in [4.78, 5) is 23.9. The summed E-state index contributed by atoms with van der Waals surface area (Å²) in [5.74, 6) is 0. The molecule has 162 valence electrons. The molecular formula is C17H22Cl3N3O6. The average Bonchev–Trinajstić information content (AvgIpc) is 3.12. The van der Waals surface area contributed by atoms with E-state index in [1.54, 1.807) is 4.90 Å². The van der Waals surface area contributed by atoms with E-state index in [9.17, 15) is 20.2 Å². The Hall–Kier alpha value is -1.39. The minimum absolute atomic E-state index is 0.0499. The first-order valence-electron chi connectivity index (χ1n) is 9.13. The maximum Gasteiger partial charge on any atom is 0.299 e. The second-order valence-electron chi connectivity index (χ2n) is 6.58. The lowest BCUT2D eigenvalue weighted by Crippen LogP contribution is -2.34. The summed E-state index contributed by atoms with van der Waals surface area (Å²) in [7, 11) is 0. The van der Waals surface area contributed by atoms with Crippen LogP contribution >= 0.6 is 34.8 Å². The average molecular weight is 471 g/mol. The molecule has 0 amide bonds. The number of aryl methyl sites for hydroxylation is 1. The van der Waals surface area contributed by atoms with E-state index in [1.165, 1.54) is 12.1 Å². The van der Waals surface area contributed by atoms with Gasteiger partial charge in [0, 0.05) is 18.7 Å². The standard InChI is InChI=1S/C17H22Cl3N3O6/c1-2-6-21(11-15-28-7-8-29-15)16-13(22(24)25)9-12(10-14(16)23(26)27)4-3-5-17(18,19)20/h9-10,15H,2-8,11H2,1H3. The zero-order valence-electron chi connectivity index (χ0n) is 15.8. The monoisotopic (exact) mass is 469 g/mol. The molecule has 0 aromatic heterocycles. The summed E-state index contributed by atoms with van der Waals surface area (Å²) >= 11 is 17.2. The Morgan fingerprint density at radius 1 is 1.14 bits per heavy atom. The van der Waals surface area contributed by atoms with Gasteiger partial charge >= 0.3 is 0 Å². The molecule has 2 rings (SSSR count). The molecule has 0 N–H and O–H groups in total. The lowest BCUT2D eigenvalue weighted by atomic mass is 10.0. The third kappa shape index (κ3) is 7.11. The van der Waals surface area contributed by atoms with Crippen molar-refractivity contribution < 1.29 is 19.3 Å². The number of hydrogen-bond donors (Lipinski definition) is 0. The van der Waals surface area contributed by atoms with Crippen LogP contribution in [0.2, 0.25) is 0 Å². The van der Waals surface area contributed by atoms with E-state index in [1.807, 2.05) is 6.92 Å². The van der Waals surface area contributed by atoms with Gasteiger partial charge in [-0.1, -0.05) is 41.7 Å². The minimum Gasteiger partial charge on any atom is -0.355 e. The minimum atomic E-state index is -1.45. The first-order chi connectivity index (χ1) is 13.6. The van der Waals surface area contributed by atoms with Gasteiger partial charge in [0.25, 0.3) is 11.4 Å². The number of nitrogens with zero attached hydrogens (tertiary/aromatic N) is 3. The van der Waals surface area contributed by atoms with E-state index in [-0.39, 0.29) is 30.0 Å². The first-order valence-corrected chi connectivity index (χ1v) is 10.3. The summed E-state index contributed by atoms with van der Waals surface area (Å²) < 4.78 is 9.39. The van der Waals surface area contributed by atoms with E-state index in [2.05, 4.69) is 0 Å². The van der Waals surface area contributed by atoms with Crippen LogP contribution in [0.1, 0.15) is 31.7 Å². The molecular weight excluding hydrogens is 449 g/mol. The van der Waals surface area contributed by atoms with E-state index < -0.39 is 19.9 Å². The Labute approximate surface area is 183 Å². The zero-order valence-corrected chi connectivity index (χ0v) is 18.1. The summed E-state index contributed by atoms with van der Waals surface area (Å²) in [6.07, 6.45) is 0.973. The third-order valence-corrected chi connectivity index (χ3v) is 4.89. The Kier molecular flexibility index (Phi) is 8.72. The van der Waals surface area contributed by atoms with Gasteiger partial charge in [-0.15, -0.1) is 0 Å². The molecule has 1 aromatic rings. The van der Waals surface area contributed by atoms with Crippen molar-refractivity contribution in [3.05, 3.63) is 37.9 Å². The fourth-order valence-electron chi connectivity index (χ4n) is 3.16. The number of nitro groups is 2. The summed E-state index contributed by atoms with van der Waals surface area (Å²) in [5, 5.41) is 23.5. The summed E-state index contributed by atoms with van der Waals surface area (Å²) in [6, 6.07) is 2.69. The predicted octanol–water partition coefficient (Wildman–Crippen LogP) is 4.79. The van der Waals surface area contributed by atoms with Crippen molar-refractivity contribution in [2.24, 2.45) is 0 Å². The number of anilines is 1. The number of benzene rings is 1. The molecule has 1 saturated heterocycles. The van der Waals surface area contributed by atoms with Gasteiger partial charge in [-0.2, -0.15) is 0 Å². The van der Waals surface area contributed by atoms with Crippen LogP contribution in [0.25, 0.3) is 0 Å². The SMILES string of the molecule is CCCN(CC1OCCO1)c1c([N+](=O)[O-])cc(CCCC(Cl)(Cl)Cl)cc1[N+](=O)[O-]. The largest absolute Gasteiger partial charge is 0.355 e. The van der Waals surface area contributed by atoms with Gasteiger partial charge < -0.3 is 14.4 Å². The molecule has 1 aliphatic heterocycles. The molecule has 1 aliphatic rings. The number of hydrogen-bond acceptors (Lipinski definition) is 7. The van der Waals surface area contributed by atoms with E-state index in [0.717, 1.165) is 0 Å². The maximum absolute atomic E-state index is 11.8. The zero-order chi connectivity index (χ0) is 21.6. The Balaban J connectivity index is 2.41. The quantitative estimate of drug-likeness (QED) is 0.275. The molecule has 1 fully saturated rings. The molecule has 0 bridgehead atoms. The highest BCUT2D eigenvalue weighted by molar-refractivity contribution is 6.67. The van der Waals surface area contributed by atoms with E-state index in [0.29, 0.717) is 44.6 Å². The van der Waals surface area contributed by atoms with Crippen molar-refractivity contribution in [2.45, 2.75) is 42.7 Å². The second-order valence-corrected chi connectivity index (χ2v) is 9.10.